The summed E-state index contributed by atoms with van der Waals surface area (Å²) in [6.45, 7) is 5.00. The van der Waals surface area contributed by atoms with Gasteiger partial charge in [0.2, 0.25) is 0 Å². The third-order valence-corrected chi connectivity index (χ3v) is 0.1000. The molecule has 0 bridgehead atoms. The Morgan fingerprint density at radius 3 is 1.50 bits per heavy atom. The highest BCUT2D eigenvalue weighted by molar-refractivity contribution is 4.51. The van der Waals surface area contributed by atoms with Gasteiger partial charge in [0.1, 0.15) is 0 Å². The van der Waals surface area contributed by atoms with Gasteiger partial charge in [-0.05, 0) is 6.92 Å². The molecule has 0 aliphatic heterocycles. The summed E-state index contributed by atoms with van der Waals surface area (Å²) in [6.07, 6.45) is 1.75. The highest BCUT2D eigenvalue weighted by Gasteiger charge is 1.58. The van der Waals surface area contributed by atoms with E-state index in [1.807, 2.05) is 6.92 Å². The van der Waals surface area contributed by atoms with Crippen LogP contribution >= 0.6 is 0 Å². The fourth-order valence-corrected chi connectivity index (χ4v) is 0. The number of hydrogen-bond acceptors (Lipinski definition) is 3. The first-order chi connectivity index (χ1) is 3.33. The average Bonchev–Trinajstić information content (AvgIpc) is 1.69. The van der Waals surface area contributed by atoms with E-state index in [0.717, 1.165) is 0 Å². The van der Waals surface area contributed by atoms with Gasteiger partial charge in [0.15, 0.2) is 0 Å². The van der Waals surface area contributed by atoms with Crippen LogP contribution in [0, 0.1) is 0 Å². The average molecular weight is 121 g/mol. The molecule has 0 heterocycles. The predicted molar refractivity (Wildman–Crippen MR) is 35.1 cm³/mol. The molecule has 0 amide bonds. The molecule has 0 aromatic heterocycles. The number of rotatable bonds is 1. The Kier molecular flexibility index (Phi) is 59.6. The number of hydrogen-bond donors (Lipinski definition) is 3. The summed E-state index contributed by atoms with van der Waals surface area (Å²) in [6, 6.07) is 0. The van der Waals surface area contributed by atoms with Gasteiger partial charge in [-0.15, -0.1) is 6.58 Å². The molecule has 3 nitrogen and oxygen atoms in total. The summed E-state index contributed by atoms with van der Waals surface area (Å²) in [5, 5.41) is 15.2. The number of aliphatic hydroxyl groups excluding tert-OH is 2. The molecule has 52 valence electrons. The van der Waals surface area contributed by atoms with Crippen LogP contribution in [0.5, 0.6) is 0 Å². The van der Waals surface area contributed by atoms with Crippen molar-refractivity contribution in [2.24, 2.45) is 0 Å². The lowest BCUT2D eigenvalue weighted by Crippen LogP contribution is -1.85. The molecule has 0 aromatic carbocycles. The minimum atomic E-state index is -0.125. The summed E-state index contributed by atoms with van der Waals surface area (Å²) in [5.41, 5.74) is 0. The van der Waals surface area contributed by atoms with Crippen LogP contribution in [0.3, 0.4) is 0 Å². The zero-order valence-electron chi connectivity index (χ0n) is 5.30. The van der Waals surface area contributed by atoms with Gasteiger partial charge in [-0.25, -0.2) is 0 Å². The van der Waals surface area contributed by atoms with Gasteiger partial charge in [-0.3, -0.25) is 0 Å². The fraction of sp³-hybridized carbons (Fsp3) is 0.600. The summed E-state index contributed by atoms with van der Waals surface area (Å²) in [5.74, 6) is 0. The van der Waals surface area contributed by atoms with Gasteiger partial charge in [0.25, 0.3) is 0 Å². The van der Waals surface area contributed by atoms with Gasteiger partial charge in [0, 0.05) is 0 Å². The minimum Gasteiger partial charge on any atom is -0.394 e. The zero-order valence-corrected chi connectivity index (χ0v) is 5.30. The van der Waals surface area contributed by atoms with Crippen molar-refractivity contribution in [2.75, 3.05) is 13.2 Å². The van der Waals surface area contributed by atoms with Gasteiger partial charge in [-0.1, -0.05) is 6.08 Å². The highest BCUT2D eigenvalue weighted by Crippen LogP contribution is 1.39. The molecule has 0 saturated carbocycles. The molecule has 0 aliphatic carbocycles. The SMILES string of the molecule is C=CC.N.OCCO. The summed E-state index contributed by atoms with van der Waals surface area (Å²) < 4.78 is 0. The number of allylic oxidation sites excluding steroid dienone is 1. The Morgan fingerprint density at radius 1 is 1.38 bits per heavy atom. The molecule has 5 N–H and O–H groups in total. The fourth-order valence-electron chi connectivity index (χ4n) is 0. The van der Waals surface area contributed by atoms with Crippen LogP contribution in [-0.4, -0.2) is 23.4 Å². The second-order valence-electron chi connectivity index (χ2n) is 0.855. The van der Waals surface area contributed by atoms with Gasteiger partial charge < -0.3 is 16.4 Å². The van der Waals surface area contributed by atoms with Crippen LogP contribution in [-0.2, 0) is 0 Å². The van der Waals surface area contributed by atoms with Crippen molar-refractivity contribution in [3.63, 3.8) is 0 Å². The first-order valence-corrected chi connectivity index (χ1v) is 2.12. The van der Waals surface area contributed by atoms with E-state index >= 15 is 0 Å². The Balaban J connectivity index is -0.0000000575. The van der Waals surface area contributed by atoms with E-state index in [0.29, 0.717) is 0 Å². The molecule has 0 unspecified atom stereocenters. The largest absolute Gasteiger partial charge is 0.394 e. The smallest absolute Gasteiger partial charge is 0.0662 e. The van der Waals surface area contributed by atoms with Gasteiger partial charge in [0.05, 0.1) is 13.2 Å². The van der Waals surface area contributed by atoms with Crippen LogP contribution in [0.4, 0.5) is 0 Å². The van der Waals surface area contributed by atoms with E-state index in [1.165, 1.54) is 0 Å². The lowest BCUT2D eigenvalue weighted by molar-refractivity contribution is 0.186. The minimum absolute atomic E-state index is 0. The van der Waals surface area contributed by atoms with Crippen molar-refractivity contribution < 1.29 is 10.2 Å². The van der Waals surface area contributed by atoms with Gasteiger partial charge in [-0.2, -0.15) is 0 Å². The van der Waals surface area contributed by atoms with Crippen LogP contribution in [0.2, 0.25) is 0 Å². The number of aliphatic hydroxyl groups is 2. The first kappa shape index (κ1) is 15.6. The van der Waals surface area contributed by atoms with Crippen molar-refractivity contribution in [2.45, 2.75) is 6.92 Å². The molecule has 0 aliphatic rings. The van der Waals surface area contributed by atoms with Crippen LogP contribution < -0.4 is 6.15 Å². The maximum Gasteiger partial charge on any atom is 0.0662 e. The zero-order chi connectivity index (χ0) is 6.12. The molecule has 0 saturated heterocycles. The lowest BCUT2D eigenvalue weighted by Gasteiger charge is -1.70. The summed E-state index contributed by atoms with van der Waals surface area (Å²) >= 11 is 0. The Hall–Kier alpha value is -0.380. The second-order valence-corrected chi connectivity index (χ2v) is 0.855. The van der Waals surface area contributed by atoms with E-state index < -0.39 is 0 Å². The monoisotopic (exact) mass is 121 g/mol. The van der Waals surface area contributed by atoms with Crippen molar-refractivity contribution in [1.82, 2.24) is 6.15 Å². The first-order valence-electron chi connectivity index (χ1n) is 2.12. The van der Waals surface area contributed by atoms with Crippen molar-refractivity contribution in [3.05, 3.63) is 12.7 Å². The predicted octanol–water partition coefficient (Wildman–Crippen LogP) is 0.325. The third kappa shape index (κ3) is 312. The van der Waals surface area contributed by atoms with E-state index in [2.05, 4.69) is 6.58 Å². The Morgan fingerprint density at radius 2 is 1.50 bits per heavy atom. The Bertz CT molecular complexity index is 29.6. The van der Waals surface area contributed by atoms with Crippen molar-refractivity contribution >= 4 is 0 Å². The van der Waals surface area contributed by atoms with Crippen molar-refractivity contribution in [1.29, 1.82) is 0 Å². The maximum absolute atomic E-state index is 7.62. The molecular formula is C5H15NO2. The normalized spacial score (nSPS) is 5.38. The molecule has 0 radical (unpaired) electrons. The van der Waals surface area contributed by atoms with E-state index in [9.17, 15) is 0 Å². The van der Waals surface area contributed by atoms with Crippen LogP contribution in [0.1, 0.15) is 6.92 Å². The molecule has 0 atom stereocenters. The van der Waals surface area contributed by atoms with Crippen LogP contribution in [0.25, 0.3) is 0 Å². The van der Waals surface area contributed by atoms with E-state index in [1.54, 1.807) is 6.08 Å². The molecule has 0 rings (SSSR count). The molecule has 8 heavy (non-hydrogen) atoms. The second kappa shape index (κ2) is 30.5. The topological polar surface area (TPSA) is 75.5 Å². The third-order valence-electron chi connectivity index (χ3n) is 0.1000. The molecule has 0 aromatic rings. The summed E-state index contributed by atoms with van der Waals surface area (Å²) in [7, 11) is 0. The highest BCUT2D eigenvalue weighted by atomic mass is 16.3. The van der Waals surface area contributed by atoms with Crippen molar-refractivity contribution in [3.8, 4) is 0 Å². The van der Waals surface area contributed by atoms with Gasteiger partial charge >= 0.3 is 0 Å². The van der Waals surface area contributed by atoms with Crippen LogP contribution in [0.15, 0.2) is 12.7 Å². The quantitative estimate of drug-likeness (QED) is 0.437. The van der Waals surface area contributed by atoms with E-state index in [-0.39, 0.29) is 19.4 Å². The molecule has 0 fully saturated rings. The molecule has 3 heteroatoms. The summed E-state index contributed by atoms with van der Waals surface area (Å²) in [4.78, 5) is 0. The molecular weight excluding hydrogens is 106 g/mol. The maximum atomic E-state index is 7.62. The Labute approximate surface area is 50.2 Å². The van der Waals surface area contributed by atoms with E-state index in [4.69, 9.17) is 10.2 Å². The molecule has 0 spiro atoms. The standard InChI is InChI=1S/C3H6.C2H6O2.H3N/c1-3-2;3-1-2-4;/h3H,1H2,2H3;3-4H,1-2H2;1H3. The lowest BCUT2D eigenvalue weighted by atomic mass is 10.8.